The Labute approximate surface area is 243 Å². The number of aliphatic hydroxyl groups is 2. The topological polar surface area (TPSA) is 146 Å². The number of aromatic hydroxyl groups is 2. The van der Waals surface area contributed by atoms with E-state index in [0.29, 0.717) is 36.0 Å². The lowest BCUT2D eigenvalue weighted by molar-refractivity contribution is -0.00197. The normalized spacial score (nSPS) is 22.7. The molecular weight excluding hydrogens is 548 g/mol. The maximum absolute atomic E-state index is 11.0. The van der Waals surface area contributed by atoms with Gasteiger partial charge in [0.15, 0.2) is 40.6 Å². The standard InChI is InChI=1S/C31H36O11/c1-36-23-9-16(5-7-21(23)33)28(35)27(13-32)42-31-25(38-3)11-18(12-26(31)39-4)30-20-15-40-29(19(20)14-41-30)17-6-8-22(34)24(10-17)37-2/h5-12,19-20,27-30,32-35H,13-15H2,1-4H3/t19?,20?,27-,28-,29?,30?/m1/s1. The number of hydrogen-bond donors (Lipinski definition) is 4. The van der Waals surface area contributed by atoms with Crippen LogP contribution in [-0.4, -0.2) is 74.8 Å². The second kappa shape index (κ2) is 12.5. The Kier molecular flexibility index (Phi) is 8.83. The number of phenolic OH excluding ortho intramolecular Hbond substituents is 2. The van der Waals surface area contributed by atoms with Crippen LogP contribution < -0.4 is 23.7 Å². The molecule has 2 fully saturated rings. The molecule has 42 heavy (non-hydrogen) atoms. The first-order chi connectivity index (χ1) is 20.3. The molecule has 3 aromatic carbocycles. The van der Waals surface area contributed by atoms with Crippen molar-refractivity contribution in [1.82, 2.24) is 0 Å². The van der Waals surface area contributed by atoms with E-state index in [0.717, 1.165) is 11.1 Å². The lowest BCUT2D eigenvalue weighted by atomic mass is 9.84. The van der Waals surface area contributed by atoms with Gasteiger partial charge >= 0.3 is 0 Å². The summed E-state index contributed by atoms with van der Waals surface area (Å²) in [6.45, 7) is 0.427. The molecular formula is C31H36O11. The van der Waals surface area contributed by atoms with E-state index < -0.39 is 18.8 Å². The highest BCUT2D eigenvalue weighted by Gasteiger charge is 2.48. The van der Waals surface area contributed by atoms with Crippen LogP contribution in [0.25, 0.3) is 0 Å². The molecule has 0 spiro atoms. The molecule has 6 atom stereocenters. The molecule has 2 heterocycles. The van der Waals surface area contributed by atoms with Gasteiger partial charge in [0.2, 0.25) is 5.75 Å². The van der Waals surface area contributed by atoms with Gasteiger partial charge in [-0.3, -0.25) is 0 Å². The van der Waals surface area contributed by atoms with Gasteiger partial charge in [0, 0.05) is 11.8 Å². The molecule has 0 radical (unpaired) electrons. The quantitative estimate of drug-likeness (QED) is 0.262. The molecule has 2 aliphatic rings. The highest BCUT2D eigenvalue weighted by Crippen LogP contribution is 2.53. The van der Waals surface area contributed by atoms with E-state index in [9.17, 15) is 20.4 Å². The minimum Gasteiger partial charge on any atom is -0.504 e. The second-order valence-corrected chi connectivity index (χ2v) is 10.2. The summed E-state index contributed by atoms with van der Waals surface area (Å²) >= 11 is 0. The van der Waals surface area contributed by atoms with Gasteiger partial charge < -0.3 is 53.6 Å². The number of methoxy groups -OCH3 is 4. The van der Waals surface area contributed by atoms with Crippen molar-refractivity contribution >= 4 is 0 Å². The number of fused-ring (bicyclic) bond motifs is 1. The number of hydrogen-bond acceptors (Lipinski definition) is 11. The maximum atomic E-state index is 11.0. The molecule has 2 aliphatic heterocycles. The van der Waals surface area contributed by atoms with Crippen LogP contribution in [0.2, 0.25) is 0 Å². The fraction of sp³-hybridized carbons (Fsp3) is 0.419. The molecule has 0 bridgehead atoms. The third-order valence-corrected chi connectivity index (χ3v) is 7.95. The Hall–Kier alpha value is -3.90. The minimum atomic E-state index is -1.26. The minimum absolute atomic E-state index is 0.0486. The van der Waals surface area contributed by atoms with E-state index in [2.05, 4.69) is 0 Å². The van der Waals surface area contributed by atoms with Crippen LogP contribution in [0.3, 0.4) is 0 Å². The summed E-state index contributed by atoms with van der Waals surface area (Å²) in [4.78, 5) is 0. The van der Waals surface area contributed by atoms with E-state index in [-0.39, 0.29) is 47.0 Å². The Bertz CT molecular complexity index is 1370. The van der Waals surface area contributed by atoms with E-state index in [1.54, 1.807) is 24.3 Å². The van der Waals surface area contributed by atoms with Gasteiger partial charge in [0.05, 0.1) is 60.5 Å². The van der Waals surface area contributed by atoms with Crippen LogP contribution in [0.15, 0.2) is 48.5 Å². The van der Waals surface area contributed by atoms with Crippen LogP contribution in [0.4, 0.5) is 0 Å². The Balaban J connectivity index is 1.39. The van der Waals surface area contributed by atoms with Crippen LogP contribution in [0, 0.1) is 11.8 Å². The van der Waals surface area contributed by atoms with Gasteiger partial charge in [-0.05, 0) is 53.1 Å². The summed E-state index contributed by atoms with van der Waals surface area (Å²) in [6, 6.07) is 13.2. The van der Waals surface area contributed by atoms with Crippen molar-refractivity contribution < 1.29 is 53.6 Å². The number of ether oxygens (including phenoxy) is 7. The van der Waals surface area contributed by atoms with E-state index >= 15 is 0 Å². The Morgan fingerprint density at radius 1 is 0.714 bits per heavy atom. The number of benzene rings is 3. The molecule has 0 saturated carbocycles. The lowest BCUT2D eigenvalue weighted by Crippen LogP contribution is -2.29. The van der Waals surface area contributed by atoms with Gasteiger partial charge in [0.25, 0.3) is 0 Å². The Morgan fingerprint density at radius 3 is 1.76 bits per heavy atom. The van der Waals surface area contributed by atoms with Gasteiger partial charge in [-0.1, -0.05) is 12.1 Å². The fourth-order valence-electron chi connectivity index (χ4n) is 5.73. The first kappa shape index (κ1) is 29.6. The molecule has 0 aromatic heterocycles. The molecule has 0 aliphatic carbocycles. The Morgan fingerprint density at radius 2 is 1.21 bits per heavy atom. The second-order valence-electron chi connectivity index (χ2n) is 10.2. The van der Waals surface area contributed by atoms with Crippen molar-refractivity contribution in [1.29, 1.82) is 0 Å². The molecule has 0 amide bonds. The van der Waals surface area contributed by atoms with E-state index in [1.807, 2.05) is 6.07 Å². The number of rotatable bonds is 11. The summed E-state index contributed by atoms with van der Waals surface area (Å²) in [5.74, 6) is 1.56. The van der Waals surface area contributed by atoms with Crippen LogP contribution in [-0.2, 0) is 9.47 Å². The molecule has 4 N–H and O–H groups in total. The van der Waals surface area contributed by atoms with Crippen LogP contribution >= 0.6 is 0 Å². The molecule has 5 rings (SSSR count). The smallest absolute Gasteiger partial charge is 0.204 e. The predicted molar refractivity (Wildman–Crippen MR) is 150 cm³/mol. The van der Waals surface area contributed by atoms with Crippen molar-refractivity contribution in [3.8, 4) is 40.2 Å². The molecule has 11 heteroatoms. The van der Waals surface area contributed by atoms with Gasteiger partial charge in [0.1, 0.15) is 6.10 Å². The largest absolute Gasteiger partial charge is 0.504 e. The molecule has 11 nitrogen and oxygen atoms in total. The van der Waals surface area contributed by atoms with Crippen LogP contribution in [0.5, 0.6) is 40.2 Å². The van der Waals surface area contributed by atoms with Crippen LogP contribution in [0.1, 0.15) is 35.0 Å². The zero-order chi connectivity index (χ0) is 30.0. The first-order valence-electron chi connectivity index (χ1n) is 13.5. The highest BCUT2D eigenvalue weighted by molar-refractivity contribution is 5.55. The average Bonchev–Trinajstić information content (AvgIpc) is 3.62. The van der Waals surface area contributed by atoms with Crippen molar-refractivity contribution in [3.05, 3.63) is 65.2 Å². The van der Waals surface area contributed by atoms with Crippen molar-refractivity contribution in [2.24, 2.45) is 11.8 Å². The number of phenols is 2. The fourth-order valence-corrected chi connectivity index (χ4v) is 5.73. The molecule has 3 aromatic rings. The lowest BCUT2D eigenvalue weighted by Gasteiger charge is -2.26. The SMILES string of the molecule is COc1cc(C2OCC3C(c4cc(OC)c(O[C@H](CO)[C@H](O)c5ccc(O)c(OC)c5)c(OC)c4)OCC23)ccc1O. The summed E-state index contributed by atoms with van der Waals surface area (Å²) < 4.78 is 40.3. The van der Waals surface area contributed by atoms with Crippen molar-refractivity contribution in [3.63, 3.8) is 0 Å². The summed E-state index contributed by atoms with van der Waals surface area (Å²) in [6.07, 6.45) is -2.87. The van der Waals surface area contributed by atoms with Crippen molar-refractivity contribution in [2.75, 3.05) is 48.3 Å². The zero-order valence-corrected chi connectivity index (χ0v) is 23.9. The van der Waals surface area contributed by atoms with Gasteiger partial charge in [-0.25, -0.2) is 0 Å². The zero-order valence-electron chi connectivity index (χ0n) is 23.9. The first-order valence-corrected chi connectivity index (χ1v) is 13.5. The van der Waals surface area contributed by atoms with Gasteiger partial charge in [-0.2, -0.15) is 0 Å². The van der Waals surface area contributed by atoms with E-state index in [4.69, 9.17) is 33.2 Å². The summed E-state index contributed by atoms with van der Waals surface area (Å²) in [5, 5.41) is 41.0. The third kappa shape index (κ3) is 5.48. The predicted octanol–water partition coefficient (Wildman–Crippen LogP) is 3.68. The van der Waals surface area contributed by atoms with E-state index in [1.165, 1.54) is 46.6 Å². The molecule has 226 valence electrons. The van der Waals surface area contributed by atoms with Crippen molar-refractivity contribution in [2.45, 2.75) is 24.4 Å². The third-order valence-electron chi connectivity index (χ3n) is 7.95. The average molecular weight is 585 g/mol. The molecule has 4 unspecified atom stereocenters. The molecule has 2 saturated heterocycles. The monoisotopic (exact) mass is 584 g/mol. The summed E-state index contributed by atoms with van der Waals surface area (Å²) in [5.41, 5.74) is 2.09. The highest BCUT2D eigenvalue weighted by atomic mass is 16.6. The summed E-state index contributed by atoms with van der Waals surface area (Å²) in [7, 11) is 5.90. The number of aliphatic hydroxyl groups excluding tert-OH is 2. The van der Waals surface area contributed by atoms with Gasteiger partial charge in [-0.15, -0.1) is 0 Å². The maximum Gasteiger partial charge on any atom is 0.204 e.